The molecule has 2 rings (SSSR count). The molecule has 0 atom stereocenters. The fourth-order valence-electron chi connectivity index (χ4n) is 2.03. The van der Waals surface area contributed by atoms with Crippen LogP contribution in [0.1, 0.15) is 12.0 Å². The summed E-state index contributed by atoms with van der Waals surface area (Å²) in [5.74, 6) is 1.66. The zero-order valence-electron chi connectivity index (χ0n) is 12.8. The summed E-state index contributed by atoms with van der Waals surface area (Å²) in [6.07, 6.45) is 6.68. The van der Waals surface area contributed by atoms with E-state index in [-0.39, 0.29) is 24.8 Å². The zero-order chi connectivity index (χ0) is 14.2. The van der Waals surface area contributed by atoms with E-state index in [1.165, 1.54) is 0 Å². The second-order valence-corrected chi connectivity index (χ2v) is 4.51. The Balaban J connectivity index is 0.00000220. The van der Waals surface area contributed by atoms with Crippen molar-refractivity contribution in [2.24, 2.45) is 0 Å². The first-order valence-electron chi connectivity index (χ1n) is 6.71. The Morgan fingerprint density at radius 3 is 2.64 bits per heavy atom. The van der Waals surface area contributed by atoms with Crippen LogP contribution in [0.3, 0.4) is 0 Å². The van der Waals surface area contributed by atoms with E-state index in [0.717, 1.165) is 43.1 Å². The van der Waals surface area contributed by atoms with Crippen LogP contribution < -0.4 is 14.8 Å². The molecule has 0 spiro atoms. The summed E-state index contributed by atoms with van der Waals surface area (Å²) in [7, 11) is 3.33. The van der Waals surface area contributed by atoms with Gasteiger partial charge in [-0.05, 0) is 19.0 Å². The van der Waals surface area contributed by atoms with Gasteiger partial charge in [0.1, 0.15) is 11.5 Å². The highest BCUT2D eigenvalue weighted by Gasteiger charge is 2.04. The molecule has 0 aliphatic carbocycles. The maximum absolute atomic E-state index is 5.37. The van der Waals surface area contributed by atoms with Crippen molar-refractivity contribution < 1.29 is 9.47 Å². The van der Waals surface area contributed by atoms with Crippen molar-refractivity contribution in [2.75, 3.05) is 20.8 Å². The summed E-state index contributed by atoms with van der Waals surface area (Å²) < 4.78 is 12.6. The van der Waals surface area contributed by atoms with E-state index in [9.17, 15) is 0 Å². The molecular weight excluding hydrogens is 325 g/mol. The fourth-order valence-corrected chi connectivity index (χ4v) is 2.03. The van der Waals surface area contributed by atoms with Crippen LogP contribution in [-0.4, -0.2) is 30.3 Å². The Kier molecular flexibility index (Phi) is 10.5. The van der Waals surface area contributed by atoms with E-state index in [1.54, 1.807) is 20.4 Å². The number of rotatable bonds is 8. The molecule has 0 aliphatic heterocycles. The van der Waals surface area contributed by atoms with Crippen LogP contribution in [0.5, 0.6) is 11.5 Å². The molecule has 0 radical (unpaired) electrons. The van der Waals surface area contributed by atoms with E-state index in [2.05, 4.69) is 14.9 Å². The Morgan fingerprint density at radius 2 is 2.00 bits per heavy atom. The molecule has 1 N–H and O–H groups in total. The molecule has 5 nitrogen and oxygen atoms in total. The number of nitrogens with one attached hydrogen (secondary N) is 1. The molecule has 0 saturated carbocycles. The minimum absolute atomic E-state index is 0. The quantitative estimate of drug-likeness (QED) is 0.746. The van der Waals surface area contributed by atoms with Crippen LogP contribution >= 0.6 is 24.8 Å². The molecule has 0 saturated heterocycles. The van der Waals surface area contributed by atoms with Crippen molar-refractivity contribution in [1.29, 1.82) is 0 Å². The van der Waals surface area contributed by atoms with Gasteiger partial charge in [-0.3, -0.25) is 0 Å². The van der Waals surface area contributed by atoms with Gasteiger partial charge in [-0.15, -0.1) is 24.8 Å². The molecule has 0 aliphatic rings. The SMILES string of the molecule is COc1ccc(CNCCCn2ccnc2)c(OC)c1.Cl.Cl. The molecule has 1 aromatic heterocycles. The first kappa shape index (κ1) is 20.6. The van der Waals surface area contributed by atoms with Gasteiger partial charge in [0, 0.05) is 37.1 Å². The van der Waals surface area contributed by atoms with Crippen LogP contribution in [0.25, 0.3) is 0 Å². The lowest BCUT2D eigenvalue weighted by Gasteiger charge is -2.11. The van der Waals surface area contributed by atoms with Crippen LogP contribution in [0.15, 0.2) is 36.9 Å². The van der Waals surface area contributed by atoms with Crippen LogP contribution in [0, 0.1) is 0 Å². The molecular formula is C15H23Cl2N3O2. The second kappa shape index (κ2) is 11.2. The predicted molar refractivity (Wildman–Crippen MR) is 92.6 cm³/mol. The number of halogens is 2. The summed E-state index contributed by atoms with van der Waals surface area (Å²) >= 11 is 0. The number of hydrogen-bond donors (Lipinski definition) is 1. The third kappa shape index (κ3) is 6.13. The minimum atomic E-state index is 0. The summed E-state index contributed by atoms with van der Waals surface area (Å²) in [5.41, 5.74) is 1.14. The topological polar surface area (TPSA) is 48.3 Å². The summed E-state index contributed by atoms with van der Waals surface area (Å²) in [6, 6.07) is 5.88. The van der Waals surface area contributed by atoms with Crippen molar-refractivity contribution in [3.8, 4) is 11.5 Å². The second-order valence-electron chi connectivity index (χ2n) is 4.51. The minimum Gasteiger partial charge on any atom is -0.497 e. The molecule has 0 fully saturated rings. The van der Waals surface area contributed by atoms with Crippen molar-refractivity contribution >= 4 is 24.8 Å². The number of nitrogens with zero attached hydrogens (tertiary/aromatic N) is 2. The molecule has 124 valence electrons. The third-order valence-corrected chi connectivity index (χ3v) is 3.14. The largest absolute Gasteiger partial charge is 0.497 e. The smallest absolute Gasteiger partial charge is 0.127 e. The highest BCUT2D eigenvalue weighted by atomic mass is 35.5. The fraction of sp³-hybridized carbons (Fsp3) is 0.400. The maximum Gasteiger partial charge on any atom is 0.127 e. The van der Waals surface area contributed by atoms with Gasteiger partial charge in [-0.25, -0.2) is 4.98 Å². The summed E-state index contributed by atoms with van der Waals surface area (Å²) in [6.45, 7) is 2.72. The normalized spacial score (nSPS) is 9.55. The van der Waals surface area contributed by atoms with Gasteiger partial charge in [0.2, 0.25) is 0 Å². The van der Waals surface area contributed by atoms with Crippen molar-refractivity contribution in [3.05, 3.63) is 42.5 Å². The average molecular weight is 348 g/mol. The molecule has 22 heavy (non-hydrogen) atoms. The third-order valence-electron chi connectivity index (χ3n) is 3.14. The van der Waals surface area contributed by atoms with Gasteiger partial charge in [0.05, 0.1) is 20.5 Å². The van der Waals surface area contributed by atoms with E-state index < -0.39 is 0 Å². The van der Waals surface area contributed by atoms with E-state index in [4.69, 9.17) is 9.47 Å². The first-order valence-corrected chi connectivity index (χ1v) is 6.71. The maximum atomic E-state index is 5.37. The van der Waals surface area contributed by atoms with E-state index >= 15 is 0 Å². The lowest BCUT2D eigenvalue weighted by atomic mass is 10.2. The van der Waals surface area contributed by atoms with Crippen molar-refractivity contribution in [1.82, 2.24) is 14.9 Å². The summed E-state index contributed by atoms with van der Waals surface area (Å²) in [5, 5.41) is 3.42. The predicted octanol–water partition coefficient (Wildman–Crippen LogP) is 2.92. The van der Waals surface area contributed by atoms with Gasteiger partial charge in [0.15, 0.2) is 0 Å². The number of ether oxygens (including phenoxy) is 2. The Bertz CT molecular complexity index is 522. The highest BCUT2D eigenvalue weighted by Crippen LogP contribution is 2.24. The molecule has 0 unspecified atom stereocenters. The zero-order valence-corrected chi connectivity index (χ0v) is 14.5. The van der Waals surface area contributed by atoms with Gasteiger partial charge in [-0.2, -0.15) is 0 Å². The number of hydrogen-bond acceptors (Lipinski definition) is 4. The number of benzene rings is 1. The number of methoxy groups -OCH3 is 2. The van der Waals surface area contributed by atoms with Gasteiger partial charge in [0.25, 0.3) is 0 Å². The number of imidazole rings is 1. The van der Waals surface area contributed by atoms with Crippen LogP contribution in [0.4, 0.5) is 0 Å². The standard InChI is InChI=1S/C15H21N3O2.2ClH/c1-19-14-5-4-13(15(10-14)20-2)11-16-6-3-8-18-9-7-17-12-18;;/h4-5,7,9-10,12,16H,3,6,8,11H2,1-2H3;2*1H. The van der Waals surface area contributed by atoms with Crippen molar-refractivity contribution in [2.45, 2.75) is 19.5 Å². The lowest BCUT2D eigenvalue weighted by Crippen LogP contribution is -2.16. The molecule has 0 bridgehead atoms. The van der Waals surface area contributed by atoms with E-state index in [0.29, 0.717) is 0 Å². The Hall–Kier alpha value is -1.43. The van der Waals surface area contributed by atoms with E-state index in [1.807, 2.05) is 30.7 Å². The monoisotopic (exact) mass is 347 g/mol. The van der Waals surface area contributed by atoms with Crippen LogP contribution in [0.2, 0.25) is 0 Å². The molecule has 7 heteroatoms. The van der Waals surface area contributed by atoms with Crippen molar-refractivity contribution in [3.63, 3.8) is 0 Å². The van der Waals surface area contributed by atoms with Crippen LogP contribution in [-0.2, 0) is 13.1 Å². The molecule has 1 heterocycles. The highest BCUT2D eigenvalue weighted by molar-refractivity contribution is 5.85. The molecule has 0 amide bonds. The number of aryl methyl sites for hydroxylation is 1. The Morgan fingerprint density at radius 1 is 1.18 bits per heavy atom. The first-order chi connectivity index (χ1) is 9.83. The lowest BCUT2D eigenvalue weighted by molar-refractivity contribution is 0.389. The van der Waals surface area contributed by atoms with Gasteiger partial charge in [-0.1, -0.05) is 6.07 Å². The Labute approximate surface area is 143 Å². The average Bonchev–Trinajstić information content (AvgIpc) is 3.00. The molecule has 1 aromatic carbocycles. The van der Waals surface area contributed by atoms with Gasteiger partial charge < -0.3 is 19.4 Å². The summed E-state index contributed by atoms with van der Waals surface area (Å²) in [4.78, 5) is 4.02. The van der Waals surface area contributed by atoms with Gasteiger partial charge >= 0.3 is 0 Å². The molecule has 2 aromatic rings. The number of aromatic nitrogens is 2.